The van der Waals surface area contributed by atoms with Gasteiger partial charge in [0.2, 0.25) is 0 Å². The van der Waals surface area contributed by atoms with Crippen LogP contribution in [-0.4, -0.2) is 31.2 Å². The first-order valence-electron chi connectivity index (χ1n) is 7.60. The molecule has 3 rings (SSSR count). The number of rotatable bonds is 2. The molecule has 1 fully saturated rings. The van der Waals surface area contributed by atoms with E-state index in [4.69, 9.17) is 5.26 Å². The van der Waals surface area contributed by atoms with Crippen LogP contribution >= 0.6 is 0 Å². The van der Waals surface area contributed by atoms with E-state index in [9.17, 15) is 0 Å². The van der Waals surface area contributed by atoms with E-state index in [-0.39, 0.29) is 0 Å². The topological polar surface area (TPSA) is 43.2 Å². The largest absolute Gasteiger partial charge is 0.368 e. The highest BCUT2D eigenvalue weighted by Crippen LogP contribution is 2.24. The van der Waals surface area contributed by atoms with E-state index in [1.807, 2.05) is 6.07 Å². The molecular weight excluding hydrogens is 272 g/mol. The van der Waals surface area contributed by atoms with Crippen LogP contribution in [0, 0.1) is 25.2 Å². The highest BCUT2D eigenvalue weighted by molar-refractivity contribution is 5.56. The van der Waals surface area contributed by atoms with Gasteiger partial charge in [-0.15, -0.1) is 0 Å². The molecule has 1 aromatic carbocycles. The lowest BCUT2D eigenvalue weighted by atomic mass is 10.1. The fourth-order valence-electron chi connectivity index (χ4n) is 2.90. The van der Waals surface area contributed by atoms with Crippen molar-refractivity contribution in [1.29, 1.82) is 5.26 Å². The van der Waals surface area contributed by atoms with Crippen LogP contribution in [0.4, 0.5) is 11.5 Å². The number of anilines is 2. The second-order valence-electron chi connectivity index (χ2n) is 5.78. The predicted molar refractivity (Wildman–Crippen MR) is 89.3 cm³/mol. The molecule has 1 aromatic heterocycles. The van der Waals surface area contributed by atoms with Gasteiger partial charge in [-0.05, 0) is 43.2 Å². The Bertz CT molecular complexity index is 709. The van der Waals surface area contributed by atoms with Gasteiger partial charge < -0.3 is 9.80 Å². The molecule has 0 amide bonds. The zero-order valence-electron chi connectivity index (χ0n) is 13.1. The first-order valence-corrected chi connectivity index (χ1v) is 7.60. The van der Waals surface area contributed by atoms with Crippen molar-refractivity contribution >= 4 is 11.5 Å². The third-order valence-electron chi connectivity index (χ3n) is 4.18. The Morgan fingerprint density at radius 3 is 2.45 bits per heavy atom. The predicted octanol–water partition coefficient (Wildman–Crippen LogP) is 2.90. The Morgan fingerprint density at radius 1 is 1.00 bits per heavy atom. The van der Waals surface area contributed by atoms with Crippen molar-refractivity contribution in [3.63, 3.8) is 0 Å². The number of pyridine rings is 1. The van der Waals surface area contributed by atoms with Crippen LogP contribution in [0.2, 0.25) is 0 Å². The minimum absolute atomic E-state index is 0.668. The summed E-state index contributed by atoms with van der Waals surface area (Å²) in [5.41, 5.74) is 4.62. The van der Waals surface area contributed by atoms with E-state index in [1.54, 1.807) is 12.3 Å². The first-order chi connectivity index (χ1) is 10.7. The van der Waals surface area contributed by atoms with Gasteiger partial charge in [0.05, 0.1) is 11.6 Å². The van der Waals surface area contributed by atoms with Gasteiger partial charge >= 0.3 is 0 Å². The van der Waals surface area contributed by atoms with Gasteiger partial charge in [0.25, 0.3) is 0 Å². The molecule has 4 nitrogen and oxygen atoms in total. The molecule has 0 bridgehead atoms. The maximum absolute atomic E-state index is 9.00. The van der Waals surface area contributed by atoms with Gasteiger partial charge in [0.1, 0.15) is 5.82 Å². The molecular formula is C18H20N4. The number of nitrogens with zero attached hydrogens (tertiary/aromatic N) is 4. The Labute approximate surface area is 131 Å². The molecule has 22 heavy (non-hydrogen) atoms. The highest BCUT2D eigenvalue weighted by Gasteiger charge is 2.19. The van der Waals surface area contributed by atoms with Crippen molar-refractivity contribution in [3.05, 3.63) is 53.2 Å². The van der Waals surface area contributed by atoms with Crippen LogP contribution in [0.1, 0.15) is 16.7 Å². The molecule has 4 heteroatoms. The fraction of sp³-hybridized carbons (Fsp3) is 0.333. The van der Waals surface area contributed by atoms with Crippen molar-refractivity contribution in [2.45, 2.75) is 13.8 Å². The quantitative estimate of drug-likeness (QED) is 0.853. The van der Waals surface area contributed by atoms with E-state index in [0.717, 1.165) is 32.0 Å². The minimum atomic E-state index is 0.668. The molecule has 0 spiro atoms. The lowest BCUT2D eigenvalue weighted by Crippen LogP contribution is -2.47. The minimum Gasteiger partial charge on any atom is -0.368 e. The highest BCUT2D eigenvalue weighted by atomic mass is 15.3. The molecule has 0 N–H and O–H groups in total. The maximum atomic E-state index is 9.00. The molecule has 2 aromatic rings. The van der Waals surface area contributed by atoms with Crippen LogP contribution in [0.5, 0.6) is 0 Å². The average molecular weight is 292 g/mol. The molecule has 0 atom stereocenters. The summed E-state index contributed by atoms with van der Waals surface area (Å²) in [6, 6.07) is 12.4. The van der Waals surface area contributed by atoms with Crippen molar-refractivity contribution in [2.24, 2.45) is 0 Å². The summed E-state index contributed by atoms with van der Waals surface area (Å²) in [6.07, 6.45) is 1.71. The van der Waals surface area contributed by atoms with Crippen LogP contribution in [0.3, 0.4) is 0 Å². The fourth-order valence-corrected chi connectivity index (χ4v) is 2.90. The average Bonchev–Trinajstić information content (AvgIpc) is 2.57. The smallest absolute Gasteiger partial charge is 0.129 e. The molecule has 1 aliphatic rings. The van der Waals surface area contributed by atoms with Gasteiger partial charge in [-0.1, -0.05) is 12.1 Å². The third kappa shape index (κ3) is 2.89. The number of aromatic nitrogens is 1. The van der Waals surface area contributed by atoms with E-state index < -0.39 is 0 Å². The number of nitriles is 1. The molecule has 0 radical (unpaired) electrons. The number of hydrogen-bond donors (Lipinski definition) is 0. The molecule has 0 unspecified atom stereocenters. The number of benzene rings is 1. The van der Waals surface area contributed by atoms with E-state index in [1.165, 1.54) is 16.8 Å². The third-order valence-corrected chi connectivity index (χ3v) is 4.18. The number of piperazine rings is 1. The van der Waals surface area contributed by atoms with Gasteiger partial charge in [0.15, 0.2) is 0 Å². The van der Waals surface area contributed by atoms with E-state index >= 15 is 0 Å². The Morgan fingerprint density at radius 2 is 1.73 bits per heavy atom. The van der Waals surface area contributed by atoms with Crippen molar-refractivity contribution in [1.82, 2.24) is 4.98 Å². The van der Waals surface area contributed by atoms with Gasteiger partial charge in [0, 0.05) is 38.1 Å². The zero-order chi connectivity index (χ0) is 15.5. The van der Waals surface area contributed by atoms with Gasteiger partial charge in [-0.25, -0.2) is 4.98 Å². The maximum Gasteiger partial charge on any atom is 0.129 e. The van der Waals surface area contributed by atoms with E-state index in [2.05, 4.69) is 52.9 Å². The first kappa shape index (κ1) is 14.4. The summed E-state index contributed by atoms with van der Waals surface area (Å²) in [7, 11) is 0. The summed E-state index contributed by atoms with van der Waals surface area (Å²) in [5.74, 6) is 0.902. The van der Waals surface area contributed by atoms with Crippen LogP contribution in [-0.2, 0) is 0 Å². The Hall–Kier alpha value is -2.54. The molecule has 112 valence electrons. The van der Waals surface area contributed by atoms with E-state index in [0.29, 0.717) is 5.56 Å². The molecule has 0 aliphatic carbocycles. The van der Waals surface area contributed by atoms with Crippen LogP contribution < -0.4 is 9.80 Å². The summed E-state index contributed by atoms with van der Waals surface area (Å²) >= 11 is 0. The molecule has 1 saturated heterocycles. The second-order valence-corrected chi connectivity index (χ2v) is 5.78. The van der Waals surface area contributed by atoms with Crippen molar-refractivity contribution in [3.8, 4) is 6.07 Å². The summed E-state index contributed by atoms with van der Waals surface area (Å²) in [6.45, 7) is 8.10. The standard InChI is InChI=1S/C18H20N4/c1-14-3-4-15(2)17(11-14)21-7-9-22(10-8-21)18-12-16(13-19)5-6-20-18/h3-6,11-12H,7-10H2,1-2H3. The molecule has 0 saturated carbocycles. The summed E-state index contributed by atoms with van der Waals surface area (Å²) < 4.78 is 0. The monoisotopic (exact) mass is 292 g/mol. The van der Waals surface area contributed by atoms with Gasteiger partial charge in [-0.3, -0.25) is 0 Å². The lowest BCUT2D eigenvalue weighted by molar-refractivity contribution is 0.646. The summed E-state index contributed by atoms with van der Waals surface area (Å²) in [4.78, 5) is 9.09. The van der Waals surface area contributed by atoms with Crippen molar-refractivity contribution < 1.29 is 0 Å². The zero-order valence-corrected chi connectivity index (χ0v) is 13.1. The Kier molecular flexibility index (Phi) is 3.97. The van der Waals surface area contributed by atoms with Gasteiger partial charge in [-0.2, -0.15) is 5.26 Å². The van der Waals surface area contributed by atoms with Crippen molar-refractivity contribution in [2.75, 3.05) is 36.0 Å². The normalized spacial score (nSPS) is 14.8. The summed E-state index contributed by atoms with van der Waals surface area (Å²) in [5, 5.41) is 9.00. The number of aryl methyl sites for hydroxylation is 2. The van der Waals surface area contributed by atoms with Crippen LogP contribution in [0.15, 0.2) is 36.5 Å². The molecule has 1 aliphatic heterocycles. The van der Waals surface area contributed by atoms with Crippen LogP contribution in [0.25, 0.3) is 0 Å². The molecule has 2 heterocycles. The SMILES string of the molecule is Cc1ccc(C)c(N2CCN(c3cc(C#N)ccn3)CC2)c1. The lowest BCUT2D eigenvalue weighted by Gasteiger charge is -2.37. The Balaban J connectivity index is 1.72. The second kappa shape index (κ2) is 6.07. The number of hydrogen-bond acceptors (Lipinski definition) is 4.